The molecule has 2 unspecified atom stereocenters. The number of amides is 4. The van der Waals surface area contributed by atoms with Crippen LogP contribution in [0.4, 0.5) is 0 Å². The number of carbonyl (C=O) groups excluding carboxylic acids is 4. The van der Waals surface area contributed by atoms with Gasteiger partial charge in [-0.15, -0.1) is 0 Å². The number of carbonyl (C=O) groups is 4. The summed E-state index contributed by atoms with van der Waals surface area (Å²) in [5, 5.41) is 2.50. The van der Waals surface area contributed by atoms with E-state index in [0.29, 0.717) is 5.56 Å². The predicted molar refractivity (Wildman–Crippen MR) is 72.8 cm³/mol. The Kier molecular flexibility index (Phi) is 4.02. The van der Waals surface area contributed by atoms with Gasteiger partial charge >= 0.3 is 0 Å². The van der Waals surface area contributed by atoms with E-state index in [4.69, 9.17) is 5.73 Å². The summed E-state index contributed by atoms with van der Waals surface area (Å²) in [5.74, 6) is -2.36. The Morgan fingerprint density at radius 1 is 1.29 bits per heavy atom. The molecule has 0 aromatic heterocycles. The molecular formula is C14H15N3O4. The number of benzene rings is 1. The normalized spacial score (nSPS) is 19.5. The molecule has 0 bridgehead atoms. The van der Waals surface area contributed by atoms with E-state index in [-0.39, 0.29) is 6.42 Å². The van der Waals surface area contributed by atoms with Crippen molar-refractivity contribution in [1.82, 2.24) is 10.2 Å². The lowest BCUT2D eigenvalue weighted by Crippen LogP contribution is -2.49. The highest BCUT2D eigenvalue weighted by atomic mass is 16.2. The fourth-order valence-corrected chi connectivity index (χ4v) is 2.13. The van der Waals surface area contributed by atoms with Gasteiger partial charge in [0.25, 0.3) is 11.8 Å². The molecule has 21 heavy (non-hydrogen) atoms. The van der Waals surface area contributed by atoms with Crippen LogP contribution in [0, 0.1) is 0 Å². The summed E-state index contributed by atoms with van der Waals surface area (Å²) in [6.45, 7) is 1.37. The van der Waals surface area contributed by atoms with Crippen molar-refractivity contribution >= 4 is 23.6 Å². The van der Waals surface area contributed by atoms with Crippen LogP contribution in [-0.2, 0) is 14.4 Å². The molecule has 110 valence electrons. The van der Waals surface area contributed by atoms with Crippen molar-refractivity contribution in [3.8, 4) is 0 Å². The van der Waals surface area contributed by atoms with Crippen LogP contribution in [0.25, 0.3) is 0 Å². The maximum atomic E-state index is 12.1. The number of rotatable bonds is 4. The van der Waals surface area contributed by atoms with Gasteiger partial charge in [-0.25, -0.2) is 0 Å². The average molecular weight is 289 g/mol. The van der Waals surface area contributed by atoms with Crippen molar-refractivity contribution in [2.24, 2.45) is 5.73 Å². The molecular weight excluding hydrogens is 274 g/mol. The van der Waals surface area contributed by atoms with E-state index in [2.05, 4.69) is 5.32 Å². The Morgan fingerprint density at radius 3 is 2.48 bits per heavy atom. The van der Waals surface area contributed by atoms with Gasteiger partial charge in [0.15, 0.2) is 0 Å². The van der Waals surface area contributed by atoms with E-state index in [1.54, 1.807) is 30.3 Å². The van der Waals surface area contributed by atoms with Crippen LogP contribution in [-0.4, -0.2) is 40.6 Å². The Hall–Kier alpha value is -2.70. The maximum absolute atomic E-state index is 12.1. The van der Waals surface area contributed by atoms with Gasteiger partial charge in [-0.2, -0.15) is 0 Å². The average Bonchev–Trinajstić information content (AvgIpc) is 2.73. The summed E-state index contributed by atoms with van der Waals surface area (Å²) in [7, 11) is 0. The lowest BCUT2D eigenvalue weighted by molar-refractivity contribution is -0.145. The van der Waals surface area contributed by atoms with Crippen LogP contribution >= 0.6 is 0 Å². The minimum atomic E-state index is -1.02. The molecule has 1 aromatic rings. The summed E-state index contributed by atoms with van der Waals surface area (Å²) in [6.07, 6.45) is -0.172. The van der Waals surface area contributed by atoms with Gasteiger partial charge in [-0.3, -0.25) is 24.1 Å². The molecule has 1 aromatic carbocycles. The lowest BCUT2D eigenvalue weighted by atomic mass is 10.2. The standard InChI is InChI=1S/C14H15N3O4/c1-8(12(15)19)17-11(18)7-10(14(17)21)16-13(20)9-5-3-2-4-6-9/h2-6,8,10H,7H2,1H3,(H2,15,19)(H,16,20). The van der Waals surface area contributed by atoms with Gasteiger partial charge < -0.3 is 11.1 Å². The van der Waals surface area contributed by atoms with Crippen LogP contribution < -0.4 is 11.1 Å². The molecule has 4 amide bonds. The summed E-state index contributed by atoms with van der Waals surface area (Å²) >= 11 is 0. The van der Waals surface area contributed by atoms with E-state index >= 15 is 0 Å². The zero-order valence-electron chi connectivity index (χ0n) is 11.4. The number of nitrogens with two attached hydrogens (primary N) is 1. The monoisotopic (exact) mass is 289 g/mol. The maximum Gasteiger partial charge on any atom is 0.253 e. The second-order valence-electron chi connectivity index (χ2n) is 4.78. The van der Waals surface area contributed by atoms with Gasteiger partial charge in [0.05, 0.1) is 6.42 Å². The first-order chi connectivity index (χ1) is 9.91. The van der Waals surface area contributed by atoms with E-state index in [0.717, 1.165) is 4.90 Å². The Bertz CT molecular complexity index is 599. The molecule has 2 rings (SSSR count). The van der Waals surface area contributed by atoms with Crippen molar-refractivity contribution < 1.29 is 19.2 Å². The number of primary amides is 1. The highest BCUT2D eigenvalue weighted by molar-refractivity contribution is 6.10. The minimum Gasteiger partial charge on any atom is -0.368 e. The highest BCUT2D eigenvalue weighted by Crippen LogP contribution is 2.17. The summed E-state index contributed by atoms with van der Waals surface area (Å²) in [5.41, 5.74) is 5.49. The number of imide groups is 1. The van der Waals surface area contributed by atoms with E-state index < -0.39 is 35.7 Å². The minimum absolute atomic E-state index is 0.172. The van der Waals surface area contributed by atoms with Gasteiger partial charge in [0.1, 0.15) is 12.1 Å². The molecule has 2 atom stereocenters. The van der Waals surface area contributed by atoms with Crippen LogP contribution in [0.15, 0.2) is 30.3 Å². The second-order valence-corrected chi connectivity index (χ2v) is 4.78. The number of hydrogen-bond donors (Lipinski definition) is 2. The summed E-state index contributed by atoms with van der Waals surface area (Å²) < 4.78 is 0. The van der Waals surface area contributed by atoms with Crippen molar-refractivity contribution in [1.29, 1.82) is 0 Å². The first-order valence-corrected chi connectivity index (χ1v) is 6.43. The van der Waals surface area contributed by atoms with Crippen LogP contribution in [0.3, 0.4) is 0 Å². The summed E-state index contributed by atoms with van der Waals surface area (Å²) in [4.78, 5) is 47.8. The molecule has 0 radical (unpaired) electrons. The third-order valence-corrected chi connectivity index (χ3v) is 3.32. The molecule has 1 saturated heterocycles. The zero-order valence-corrected chi connectivity index (χ0v) is 11.4. The molecule has 7 nitrogen and oxygen atoms in total. The first-order valence-electron chi connectivity index (χ1n) is 6.43. The Labute approximate surface area is 121 Å². The zero-order chi connectivity index (χ0) is 15.6. The van der Waals surface area contributed by atoms with Crippen molar-refractivity contribution in [3.63, 3.8) is 0 Å². The third-order valence-electron chi connectivity index (χ3n) is 3.32. The van der Waals surface area contributed by atoms with Crippen molar-refractivity contribution in [2.75, 3.05) is 0 Å². The molecule has 1 heterocycles. The molecule has 0 saturated carbocycles. The predicted octanol–water partition coefficient (Wildman–Crippen LogP) is -0.582. The second kappa shape index (κ2) is 5.74. The molecule has 3 N–H and O–H groups in total. The number of nitrogens with one attached hydrogen (secondary N) is 1. The van der Waals surface area contributed by atoms with Crippen LogP contribution in [0.2, 0.25) is 0 Å². The van der Waals surface area contributed by atoms with Gasteiger partial charge in [-0.05, 0) is 19.1 Å². The molecule has 1 aliphatic heterocycles. The van der Waals surface area contributed by atoms with E-state index in [1.807, 2.05) is 0 Å². The number of hydrogen-bond acceptors (Lipinski definition) is 4. The molecule has 7 heteroatoms. The number of likely N-dealkylation sites (tertiary alicyclic amines) is 1. The van der Waals surface area contributed by atoms with Crippen molar-refractivity contribution in [2.45, 2.75) is 25.4 Å². The molecule has 0 aliphatic carbocycles. The SMILES string of the molecule is CC(C(N)=O)N1C(=O)CC(NC(=O)c2ccccc2)C1=O. The topological polar surface area (TPSA) is 110 Å². The molecule has 0 spiro atoms. The quantitative estimate of drug-likeness (QED) is 0.722. The summed E-state index contributed by atoms with van der Waals surface area (Å²) in [6, 6.07) is 6.35. The van der Waals surface area contributed by atoms with Crippen LogP contribution in [0.5, 0.6) is 0 Å². The van der Waals surface area contributed by atoms with Gasteiger partial charge in [-0.1, -0.05) is 18.2 Å². The smallest absolute Gasteiger partial charge is 0.253 e. The molecule has 1 aliphatic rings. The van der Waals surface area contributed by atoms with Crippen molar-refractivity contribution in [3.05, 3.63) is 35.9 Å². The molecule has 1 fully saturated rings. The first kappa shape index (κ1) is 14.7. The Balaban J connectivity index is 2.10. The van der Waals surface area contributed by atoms with E-state index in [9.17, 15) is 19.2 Å². The fraction of sp³-hybridized carbons (Fsp3) is 0.286. The highest BCUT2D eigenvalue weighted by Gasteiger charge is 2.43. The van der Waals surface area contributed by atoms with Crippen LogP contribution in [0.1, 0.15) is 23.7 Å². The lowest BCUT2D eigenvalue weighted by Gasteiger charge is -2.20. The largest absolute Gasteiger partial charge is 0.368 e. The van der Waals surface area contributed by atoms with E-state index in [1.165, 1.54) is 6.92 Å². The third kappa shape index (κ3) is 2.91. The number of nitrogens with zero attached hydrogens (tertiary/aromatic N) is 1. The fourth-order valence-electron chi connectivity index (χ4n) is 2.13. The van der Waals surface area contributed by atoms with Gasteiger partial charge in [0.2, 0.25) is 11.8 Å². The van der Waals surface area contributed by atoms with Gasteiger partial charge in [0, 0.05) is 5.56 Å². The Morgan fingerprint density at radius 2 is 1.90 bits per heavy atom.